The van der Waals surface area contributed by atoms with E-state index in [0.29, 0.717) is 5.69 Å². The van der Waals surface area contributed by atoms with E-state index < -0.39 is 0 Å². The van der Waals surface area contributed by atoms with E-state index in [4.69, 9.17) is 0 Å². The van der Waals surface area contributed by atoms with Gasteiger partial charge in [-0.05, 0) is 22.6 Å². The van der Waals surface area contributed by atoms with Gasteiger partial charge in [0.05, 0.1) is 9.77 Å². The van der Waals surface area contributed by atoms with Gasteiger partial charge >= 0.3 is 0 Å². The largest absolute Gasteiger partial charge is 0.296 e. The molecule has 1 aromatic heterocycles. The zero-order chi connectivity index (χ0) is 5.98. The molecule has 0 aliphatic heterocycles. The monoisotopic (exact) mass is 222 g/mol. The van der Waals surface area contributed by atoms with Crippen LogP contribution in [0.5, 0.6) is 0 Å². The molecule has 0 saturated heterocycles. The van der Waals surface area contributed by atoms with Crippen molar-refractivity contribution in [2.75, 3.05) is 0 Å². The van der Waals surface area contributed by atoms with Crippen molar-refractivity contribution in [2.24, 2.45) is 0 Å². The van der Waals surface area contributed by atoms with Gasteiger partial charge in [0.1, 0.15) is 5.69 Å². The number of nitrogens with zero attached hydrogens (tertiary/aromatic N) is 1. The number of carbonyl (C=O) groups excluding carboxylic acids is 1. The van der Waals surface area contributed by atoms with Gasteiger partial charge in [-0.25, -0.2) is 0 Å². The summed E-state index contributed by atoms with van der Waals surface area (Å²) in [5.41, 5.74) is 0.547. The molecule has 0 saturated carbocycles. The molecule has 1 rings (SSSR count). The van der Waals surface area contributed by atoms with Gasteiger partial charge in [0.2, 0.25) is 0 Å². The van der Waals surface area contributed by atoms with Crippen LogP contribution in [0.4, 0.5) is 0 Å². The van der Waals surface area contributed by atoms with E-state index >= 15 is 0 Å². The Balaban J connectivity index is 3.09. The van der Waals surface area contributed by atoms with E-state index in [1.165, 1.54) is 0 Å². The van der Waals surface area contributed by atoms with Gasteiger partial charge in [-0.3, -0.25) is 9.89 Å². The number of nitrogens with one attached hydrogen (secondary N) is 1. The molecule has 0 spiro atoms. The standard InChI is InChI=1S/C4H3IN2O/c5-3-1-6-7-4(3)2-8/h1-2H,(H,6,7). The Hall–Kier alpha value is -0.390. The number of aldehydes is 1. The highest BCUT2D eigenvalue weighted by molar-refractivity contribution is 14.1. The average Bonchev–Trinajstić information content (AvgIpc) is 2.14. The van der Waals surface area contributed by atoms with Gasteiger partial charge in [0.25, 0.3) is 0 Å². The maximum absolute atomic E-state index is 10.0. The minimum absolute atomic E-state index is 0.547. The molecule has 1 heterocycles. The van der Waals surface area contributed by atoms with Crippen molar-refractivity contribution >= 4 is 28.9 Å². The molecule has 4 heteroatoms. The topological polar surface area (TPSA) is 45.8 Å². The second-order valence-electron chi connectivity index (χ2n) is 1.25. The molecule has 0 aromatic carbocycles. The first-order chi connectivity index (χ1) is 3.84. The Morgan fingerprint density at radius 3 is 2.88 bits per heavy atom. The lowest BCUT2D eigenvalue weighted by molar-refractivity contribution is 0.111. The lowest BCUT2D eigenvalue weighted by atomic mass is 10.5. The Kier molecular flexibility index (Phi) is 1.62. The number of hydrogen-bond donors (Lipinski definition) is 1. The average molecular weight is 222 g/mol. The van der Waals surface area contributed by atoms with E-state index in [-0.39, 0.29) is 0 Å². The van der Waals surface area contributed by atoms with E-state index in [1.807, 2.05) is 22.6 Å². The van der Waals surface area contributed by atoms with E-state index in [0.717, 1.165) is 9.86 Å². The molecule has 1 N–H and O–H groups in total. The predicted octanol–water partition coefficient (Wildman–Crippen LogP) is 0.827. The first-order valence-corrected chi connectivity index (χ1v) is 3.06. The number of aromatic amines is 1. The first-order valence-electron chi connectivity index (χ1n) is 1.98. The van der Waals surface area contributed by atoms with Crippen LogP contribution in [0, 0.1) is 3.57 Å². The highest BCUT2D eigenvalue weighted by atomic mass is 127. The molecule has 0 amide bonds. The molecule has 0 fully saturated rings. The highest BCUT2D eigenvalue weighted by Gasteiger charge is 1.95. The van der Waals surface area contributed by atoms with Gasteiger partial charge in [-0.15, -0.1) is 0 Å². The lowest BCUT2D eigenvalue weighted by Gasteiger charge is -1.76. The second-order valence-corrected chi connectivity index (χ2v) is 2.41. The third-order valence-corrected chi connectivity index (χ3v) is 1.60. The molecular weight excluding hydrogens is 219 g/mol. The first kappa shape index (κ1) is 5.74. The summed E-state index contributed by atoms with van der Waals surface area (Å²) >= 11 is 2.03. The van der Waals surface area contributed by atoms with Crippen molar-refractivity contribution in [1.82, 2.24) is 10.2 Å². The van der Waals surface area contributed by atoms with Gasteiger partial charge < -0.3 is 0 Å². The Morgan fingerprint density at radius 2 is 2.62 bits per heavy atom. The van der Waals surface area contributed by atoms with Crippen molar-refractivity contribution in [3.05, 3.63) is 15.5 Å². The molecule has 0 radical (unpaired) electrons. The SMILES string of the molecule is O=Cc1[nH]ncc1I. The van der Waals surface area contributed by atoms with Gasteiger partial charge in [0.15, 0.2) is 6.29 Å². The minimum Gasteiger partial charge on any atom is -0.296 e. The fourth-order valence-electron chi connectivity index (χ4n) is 0.364. The molecule has 0 aliphatic rings. The molecular formula is C4H3IN2O. The van der Waals surface area contributed by atoms with Crippen LogP contribution in [0.1, 0.15) is 10.5 Å². The summed E-state index contributed by atoms with van der Waals surface area (Å²) in [5, 5.41) is 6.16. The van der Waals surface area contributed by atoms with Crippen LogP contribution >= 0.6 is 22.6 Å². The summed E-state index contributed by atoms with van der Waals surface area (Å²) in [6.45, 7) is 0. The minimum atomic E-state index is 0.547. The summed E-state index contributed by atoms with van der Waals surface area (Å²) in [6, 6.07) is 0. The number of H-pyrrole nitrogens is 1. The second kappa shape index (κ2) is 2.25. The number of hydrogen-bond acceptors (Lipinski definition) is 2. The number of rotatable bonds is 1. The van der Waals surface area contributed by atoms with Crippen molar-refractivity contribution in [1.29, 1.82) is 0 Å². The van der Waals surface area contributed by atoms with Crippen LogP contribution in [0.3, 0.4) is 0 Å². The quantitative estimate of drug-likeness (QED) is 0.564. The van der Waals surface area contributed by atoms with Crippen LogP contribution < -0.4 is 0 Å². The molecule has 0 unspecified atom stereocenters. The molecule has 0 aliphatic carbocycles. The van der Waals surface area contributed by atoms with Gasteiger partial charge in [-0.1, -0.05) is 0 Å². The number of halogens is 1. The van der Waals surface area contributed by atoms with Crippen LogP contribution in [-0.4, -0.2) is 16.5 Å². The molecule has 0 atom stereocenters. The lowest BCUT2D eigenvalue weighted by Crippen LogP contribution is -1.80. The highest BCUT2D eigenvalue weighted by Crippen LogP contribution is 2.03. The van der Waals surface area contributed by atoms with Gasteiger partial charge in [-0.2, -0.15) is 5.10 Å². The number of carbonyl (C=O) groups is 1. The molecule has 1 aromatic rings. The molecule has 8 heavy (non-hydrogen) atoms. The van der Waals surface area contributed by atoms with E-state index in [9.17, 15) is 4.79 Å². The smallest absolute Gasteiger partial charge is 0.168 e. The fraction of sp³-hybridized carbons (Fsp3) is 0. The normalized spacial score (nSPS) is 9.12. The Labute approximate surface area is 59.6 Å². The van der Waals surface area contributed by atoms with E-state index in [1.54, 1.807) is 6.20 Å². The summed E-state index contributed by atoms with van der Waals surface area (Å²) in [7, 11) is 0. The summed E-state index contributed by atoms with van der Waals surface area (Å²) < 4.78 is 0.859. The van der Waals surface area contributed by atoms with Crippen LogP contribution in [0.15, 0.2) is 6.20 Å². The van der Waals surface area contributed by atoms with Crippen molar-refractivity contribution in [2.45, 2.75) is 0 Å². The predicted molar refractivity (Wildman–Crippen MR) is 36.7 cm³/mol. The maximum atomic E-state index is 10.0. The van der Waals surface area contributed by atoms with Crippen LogP contribution in [-0.2, 0) is 0 Å². The molecule has 3 nitrogen and oxygen atoms in total. The summed E-state index contributed by atoms with van der Waals surface area (Å²) in [6.07, 6.45) is 2.35. The van der Waals surface area contributed by atoms with Crippen molar-refractivity contribution in [3.63, 3.8) is 0 Å². The zero-order valence-electron chi connectivity index (χ0n) is 3.89. The molecule has 42 valence electrons. The van der Waals surface area contributed by atoms with Crippen LogP contribution in [0.2, 0.25) is 0 Å². The maximum Gasteiger partial charge on any atom is 0.168 e. The van der Waals surface area contributed by atoms with E-state index in [2.05, 4.69) is 10.2 Å². The Bertz CT molecular complexity index is 196. The Morgan fingerprint density at radius 1 is 1.88 bits per heavy atom. The van der Waals surface area contributed by atoms with Crippen LogP contribution in [0.25, 0.3) is 0 Å². The summed E-state index contributed by atoms with van der Waals surface area (Å²) in [5.74, 6) is 0. The fourth-order valence-corrected chi connectivity index (χ4v) is 0.751. The zero-order valence-corrected chi connectivity index (χ0v) is 6.05. The van der Waals surface area contributed by atoms with Crippen molar-refractivity contribution < 1.29 is 4.79 Å². The summed E-state index contributed by atoms with van der Waals surface area (Å²) in [4.78, 5) is 10.0. The molecule has 0 bridgehead atoms. The number of aromatic nitrogens is 2. The third kappa shape index (κ3) is 0.885. The third-order valence-electron chi connectivity index (χ3n) is 0.738. The van der Waals surface area contributed by atoms with Crippen molar-refractivity contribution in [3.8, 4) is 0 Å². The van der Waals surface area contributed by atoms with Gasteiger partial charge in [0, 0.05) is 0 Å².